The van der Waals surface area contributed by atoms with Crippen LogP contribution in [0.15, 0.2) is 21.9 Å². The van der Waals surface area contributed by atoms with E-state index in [9.17, 15) is 4.79 Å². The molecule has 1 amide bonds. The molecule has 0 unspecified atom stereocenters. The van der Waals surface area contributed by atoms with Gasteiger partial charge in [-0.2, -0.15) is 0 Å². The van der Waals surface area contributed by atoms with Crippen LogP contribution in [0.2, 0.25) is 0 Å². The number of hydrogen-bond donors (Lipinski definition) is 1. The van der Waals surface area contributed by atoms with Gasteiger partial charge in [0.25, 0.3) is 0 Å². The quantitative estimate of drug-likeness (QED) is 0.711. The minimum Gasteiger partial charge on any atom is -0.469 e. The number of furan rings is 1. The second-order valence-corrected chi connectivity index (χ2v) is 7.55. The number of hydrogen-bond acceptors (Lipinski definition) is 6. The predicted octanol–water partition coefficient (Wildman–Crippen LogP) is 3.03. The van der Waals surface area contributed by atoms with E-state index in [1.165, 1.54) is 11.8 Å². The van der Waals surface area contributed by atoms with Crippen LogP contribution in [0.3, 0.4) is 0 Å². The zero-order valence-electron chi connectivity index (χ0n) is 15.5. The van der Waals surface area contributed by atoms with E-state index in [1.54, 1.807) is 6.26 Å². The van der Waals surface area contributed by atoms with Crippen LogP contribution < -0.4 is 5.32 Å². The molecule has 1 aliphatic heterocycles. The molecule has 8 heteroatoms. The van der Waals surface area contributed by atoms with Crippen LogP contribution in [0.25, 0.3) is 11.4 Å². The van der Waals surface area contributed by atoms with E-state index < -0.39 is 0 Å². The maximum atomic E-state index is 12.1. The highest BCUT2D eigenvalue weighted by Crippen LogP contribution is 2.28. The Kier molecular flexibility index (Phi) is 6.37. The van der Waals surface area contributed by atoms with Crippen molar-refractivity contribution in [2.24, 2.45) is 0 Å². The van der Waals surface area contributed by atoms with Gasteiger partial charge >= 0.3 is 0 Å². The second-order valence-electron chi connectivity index (χ2n) is 6.61. The lowest BCUT2D eigenvalue weighted by Gasteiger charge is -2.15. The van der Waals surface area contributed by atoms with E-state index in [4.69, 9.17) is 9.15 Å². The highest BCUT2D eigenvalue weighted by atomic mass is 32.2. The first-order valence-corrected chi connectivity index (χ1v) is 10.1. The highest BCUT2D eigenvalue weighted by Gasteiger charge is 2.23. The summed E-state index contributed by atoms with van der Waals surface area (Å²) in [4.78, 5) is 12.1. The van der Waals surface area contributed by atoms with Crippen molar-refractivity contribution in [1.29, 1.82) is 0 Å². The van der Waals surface area contributed by atoms with Gasteiger partial charge in [0.05, 0.1) is 30.2 Å². The Hall–Kier alpha value is -1.80. The summed E-state index contributed by atoms with van der Waals surface area (Å²) in [7, 11) is 0. The Balaban J connectivity index is 1.77. The number of carbonyl (C=O) groups excluding carboxylic acids is 1. The molecular formula is C18H26N4O3S. The van der Waals surface area contributed by atoms with E-state index in [-0.39, 0.29) is 18.1 Å². The second kappa shape index (κ2) is 8.73. The Bertz CT molecular complexity index is 737. The van der Waals surface area contributed by atoms with Crippen molar-refractivity contribution in [3.8, 4) is 11.4 Å². The van der Waals surface area contributed by atoms with Crippen molar-refractivity contribution >= 4 is 17.7 Å². The first-order valence-electron chi connectivity index (χ1n) is 9.10. The molecule has 0 spiro atoms. The molecule has 142 valence electrons. The lowest BCUT2D eigenvalue weighted by atomic mass is 10.2. The zero-order valence-corrected chi connectivity index (χ0v) is 16.3. The fourth-order valence-corrected chi connectivity index (χ4v) is 3.68. The van der Waals surface area contributed by atoms with Gasteiger partial charge in [-0.15, -0.1) is 10.2 Å². The van der Waals surface area contributed by atoms with Crippen LogP contribution in [0.4, 0.5) is 0 Å². The Morgan fingerprint density at radius 3 is 3.00 bits per heavy atom. The van der Waals surface area contributed by atoms with Crippen molar-refractivity contribution in [1.82, 2.24) is 20.1 Å². The molecule has 3 heterocycles. The number of aryl methyl sites for hydroxylation is 1. The number of carbonyl (C=O) groups is 1. The normalized spacial score (nSPS) is 18.2. The topological polar surface area (TPSA) is 82.2 Å². The fourth-order valence-electron chi connectivity index (χ4n) is 2.92. The van der Waals surface area contributed by atoms with Crippen molar-refractivity contribution in [3.63, 3.8) is 0 Å². The Morgan fingerprint density at radius 1 is 1.50 bits per heavy atom. The third kappa shape index (κ3) is 4.48. The lowest BCUT2D eigenvalue weighted by Crippen LogP contribution is -2.33. The maximum Gasteiger partial charge on any atom is 0.230 e. The van der Waals surface area contributed by atoms with Gasteiger partial charge in [-0.25, -0.2) is 0 Å². The van der Waals surface area contributed by atoms with Crippen LogP contribution >= 0.6 is 11.8 Å². The van der Waals surface area contributed by atoms with E-state index in [1.807, 2.05) is 19.9 Å². The first-order chi connectivity index (χ1) is 12.6. The number of aromatic nitrogens is 3. The number of nitrogens with one attached hydrogen (secondary N) is 1. The molecule has 26 heavy (non-hydrogen) atoms. The molecule has 1 saturated heterocycles. The minimum atomic E-state index is 0.0112. The highest BCUT2D eigenvalue weighted by molar-refractivity contribution is 7.99. The molecule has 0 aromatic carbocycles. The van der Waals surface area contributed by atoms with Gasteiger partial charge in [0.1, 0.15) is 5.76 Å². The maximum absolute atomic E-state index is 12.1. The van der Waals surface area contributed by atoms with Crippen molar-refractivity contribution < 1.29 is 13.9 Å². The van der Waals surface area contributed by atoms with E-state index in [0.717, 1.165) is 48.2 Å². The summed E-state index contributed by atoms with van der Waals surface area (Å²) < 4.78 is 13.3. The number of nitrogens with zero attached hydrogens (tertiary/aromatic N) is 3. The SMILES string of the molecule is CC[C@H](C)NC(=O)CSc1nnc(-c2ccoc2C)n1C[C@H]1CCCO1. The van der Waals surface area contributed by atoms with Gasteiger partial charge < -0.3 is 14.5 Å². The summed E-state index contributed by atoms with van der Waals surface area (Å²) in [6.45, 7) is 7.44. The van der Waals surface area contributed by atoms with Crippen molar-refractivity contribution in [2.75, 3.05) is 12.4 Å². The summed E-state index contributed by atoms with van der Waals surface area (Å²) in [6.07, 6.45) is 4.83. The van der Waals surface area contributed by atoms with Crippen LogP contribution in [-0.4, -0.2) is 45.2 Å². The van der Waals surface area contributed by atoms with Gasteiger partial charge in [-0.3, -0.25) is 9.36 Å². The Labute approximate surface area is 157 Å². The fraction of sp³-hybridized carbons (Fsp3) is 0.611. The minimum absolute atomic E-state index is 0.0112. The third-order valence-corrected chi connectivity index (χ3v) is 5.55. The monoisotopic (exact) mass is 378 g/mol. The van der Waals surface area contributed by atoms with E-state index in [2.05, 4.69) is 27.0 Å². The lowest BCUT2D eigenvalue weighted by molar-refractivity contribution is -0.119. The molecule has 2 aromatic heterocycles. The molecule has 0 bridgehead atoms. The number of ether oxygens (including phenoxy) is 1. The molecule has 2 aromatic rings. The smallest absolute Gasteiger partial charge is 0.230 e. The van der Waals surface area contributed by atoms with Crippen molar-refractivity contribution in [2.45, 2.75) is 63.9 Å². The summed E-state index contributed by atoms with van der Waals surface area (Å²) in [5.41, 5.74) is 0.923. The van der Waals surface area contributed by atoms with Crippen LogP contribution in [0, 0.1) is 6.92 Å². The van der Waals surface area contributed by atoms with Crippen LogP contribution in [0.1, 0.15) is 38.9 Å². The van der Waals surface area contributed by atoms with Gasteiger partial charge in [-0.05, 0) is 39.2 Å². The molecule has 0 aliphatic carbocycles. The van der Waals surface area contributed by atoms with Crippen LogP contribution in [-0.2, 0) is 16.1 Å². The average molecular weight is 378 g/mol. The summed E-state index contributed by atoms with van der Waals surface area (Å²) in [6, 6.07) is 2.08. The first kappa shape index (κ1) is 19.0. The molecule has 1 aliphatic rings. The molecule has 3 rings (SSSR count). The molecule has 0 saturated carbocycles. The van der Waals surface area contributed by atoms with E-state index in [0.29, 0.717) is 12.3 Å². The predicted molar refractivity (Wildman–Crippen MR) is 100 cm³/mol. The van der Waals surface area contributed by atoms with Crippen molar-refractivity contribution in [3.05, 3.63) is 18.1 Å². The molecule has 0 radical (unpaired) electrons. The molecular weight excluding hydrogens is 352 g/mol. The van der Waals surface area contributed by atoms with Crippen LogP contribution in [0.5, 0.6) is 0 Å². The number of thioether (sulfide) groups is 1. The summed E-state index contributed by atoms with van der Waals surface area (Å²) in [5, 5.41) is 12.4. The molecule has 2 atom stereocenters. The standard InChI is InChI=1S/C18H26N4O3S/c1-4-12(2)19-16(23)11-26-18-21-20-17(15-7-9-24-13(15)3)22(18)10-14-6-5-8-25-14/h7,9,12,14H,4-6,8,10-11H2,1-3H3,(H,19,23)/t12-,14+/m0/s1. The zero-order chi connectivity index (χ0) is 18.5. The van der Waals surface area contributed by atoms with Gasteiger partial charge in [-0.1, -0.05) is 18.7 Å². The summed E-state index contributed by atoms with van der Waals surface area (Å²) in [5.74, 6) is 1.89. The summed E-state index contributed by atoms with van der Waals surface area (Å²) >= 11 is 1.41. The molecule has 1 fully saturated rings. The van der Waals surface area contributed by atoms with Gasteiger partial charge in [0, 0.05) is 12.6 Å². The van der Waals surface area contributed by atoms with Gasteiger partial charge in [0.2, 0.25) is 5.91 Å². The Morgan fingerprint density at radius 2 is 2.35 bits per heavy atom. The molecule has 7 nitrogen and oxygen atoms in total. The third-order valence-electron chi connectivity index (χ3n) is 4.58. The molecule has 1 N–H and O–H groups in total. The van der Waals surface area contributed by atoms with Gasteiger partial charge in [0.15, 0.2) is 11.0 Å². The number of rotatable bonds is 8. The largest absolute Gasteiger partial charge is 0.469 e. The average Bonchev–Trinajstić information content (AvgIpc) is 3.35. The van der Waals surface area contributed by atoms with E-state index >= 15 is 0 Å². The number of amides is 1.